The monoisotopic (exact) mass is 380 g/mol. The number of benzene rings is 1. The lowest BCUT2D eigenvalue weighted by molar-refractivity contribution is -0.171. The Balaban J connectivity index is 2.69. The minimum Gasteiger partial charge on any atom is -0.494 e. The lowest BCUT2D eigenvalue weighted by Crippen LogP contribution is -2.39. The first-order chi connectivity index (χ1) is 12.7. The first kappa shape index (κ1) is 23.0. The van der Waals surface area contributed by atoms with Crippen LogP contribution in [0.15, 0.2) is 24.3 Å². The molecule has 0 unspecified atom stereocenters. The second-order valence-electron chi connectivity index (χ2n) is 6.99. The van der Waals surface area contributed by atoms with Crippen LogP contribution in [0.25, 0.3) is 0 Å². The maximum absolute atomic E-state index is 12.3. The Bertz CT molecular complexity index is 579. The van der Waals surface area contributed by atoms with Crippen molar-refractivity contribution in [1.82, 2.24) is 0 Å². The molecule has 0 aliphatic carbocycles. The lowest BCUT2D eigenvalue weighted by Gasteiger charge is -2.22. The van der Waals surface area contributed by atoms with Crippen molar-refractivity contribution in [3.63, 3.8) is 0 Å². The second-order valence-corrected chi connectivity index (χ2v) is 6.99. The average Bonchev–Trinajstić information content (AvgIpc) is 2.58. The van der Waals surface area contributed by atoms with Crippen molar-refractivity contribution < 1.29 is 28.9 Å². The van der Waals surface area contributed by atoms with Crippen LogP contribution < -0.4 is 4.74 Å². The number of hydrogen-bond acceptors (Lipinski definition) is 6. The van der Waals surface area contributed by atoms with E-state index in [-0.39, 0.29) is 12.2 Å². The van der Waals surface area contributed by atoms with Crippen molar-refractivity contribution in [2.45, 2.75) is 72.2 Å². The minimum atomic E-state index is -1.53. The molecule has 1 aromatic rings. The zero-order valence-corrected chi connectivity index (χ0v) is 16.9. The van der Waals surface area contributed by atoms with Gasteiger partial charge in [-0.25, -0.2) is 4.79 Å². The summed E-state index contributed by atoms with van der Waals surface area (Å²) in [6.45, 7) is 9.39. The number of aliphatic hydroxyl groups is 1. The van der Waals surface area contributed by atoms with Crippen LogP contribution in [0.3, 0.4) is 0 Å². The quantitative estimate of drug-likeness (QED) is 0.593. The molecule has 27 heavy (non-hydrogen) atoms. The van der Waals surface area contributed by atoms with E-state index in [0.29, 0.717) is 25.9 Å². The van der Waals surface area contributed by atoms with Gasteiger partial charge in [-0.15, -0.1) is 0 Å². The fourth-order valence-corrected chi connectivity index (χ4v) is 2.64. The third-order valence-corrected chi connectivity index (χ3v) is 3.84. The predicted molar refractivity (Wildman–Crippen MR) is 103 cm³/mol. The van der Waals surface area contributed by atoms with Gasteiger partial charge in [-0.1, -0.05) is 12.1 Å². The molecular formula is C21H32O6. The van der Waals surface area contributed by atoms with Gasteiger partial charge in [-0.3, -0.25) is 4.79 Å². The summed E-state index contributed by atoms with van der Waals surface area (Å²) in [5, 5.41) is 10.3. The highest BCUT2D eigenvalue weighted by molar-refractivity contribution is 5.83. The van der Waals surface area contributed by atoms with Gasteiger partial charge in [0.2, 0.25) is 0 Å². The van der Waals surface area contributed by atoms with Gasteiger partial charge in [0.15, 0.2) is 6.10 Å². The Morgan fingerprint density at radius 2 is 1.52 bits per heavy atom. The van der Waals surface area contributed by atoms with Crippen molar-refractivity contribution >= 4 is 11.9 Å². The minimum absolute atomic E-state index is 0.320. The molecule has 152 valence electrons. The van der Waals surface area contributed by atoms with E-state index in [1.807, 2.05) is 31.2 Å². The Morgan fingerprint density at radius 3 is 2.04 bits per heavy atom. The summed E-state index contributed by atoms with van der Waals surface area (Å²) in [6, 6.07) is 7.74. The van der Waals surface area contributed by atoms with Gasteiger partial charge in [0.1, 0.15) is 5.75 Å². The van der Waals surface area contributed by atoms with E-state index in [0.717, 1.165) is 11.3 Å². The lowest BCUT2D eigenvalue weighted by atomic mass is 9.94. The molecule has 0 fully saturated rings. The summed E-state index contributed by atoms with van der Waals surface area (Å²) < 4.78 is 15.7. The highest BCUT2D eigenvalue weighted by Gasteiger charge is 2.35. The summed E-state index contributed by atoms with van der Waals surface area (Å²) in [5.41, 5.74) is 1.09. The van der Waals surface area contributed by atoms with Crippen molar-refractivity contribution in [3.05, 3.63) is 29.8 Å². The van der Waals surface area contributed by atoms with Crippen molar-refractivity contribution in [1.29, 1.82) is 0 Å². The SMILES string of the molecule is CCOc1ccc(CCC[C@@H](C(=O)OC(C)C)[C@H](O)C(=O)OC(C)C)cc1. The van der Waals surface area contributed by atoms with Gasteiger partial charge in [-0.2, -0.15) is 0 Å². The Hall–Kier alpha value is -2.08. The van der Waals surface area contributed by atoms with Crippen LogP contribution in [0, 0.1) is 5.92 Å². The molecule has 0 bridgehead atoms. The first-order valence-corrected chi connectivity index (χ1v) is 9.55. The van der Waals surface area contributed by atoms with Crippen LogP contribution in [0.1, 0.15) is 53.0 Å². The number of rotatable bonds is 11. The molecule has 0 aliphatic rings. The normalized spacial score (nSPS) is 13.3. The molecular weight excluding hydrogens is 348 g/mol. The van der Waals surface area contributed by atoms with Crippen LogP contribution in [-0.2, 0) is 25.5 Å². The van der Waals surface area contributed by atoms with E-state index in [4.69, 9.17) is 14.2 Å². The number of aliphatic hydroxyl groups excluding tert-OH is 1. The Morgan fingerprint density at radius 1 is 0.963 bits per heavy atom. The van der Waals surface area contributed by atoms with E-state index < -0.39 is 24.0 Å². The van der Waals surface area contributed by atoms with Crippen LogP contribution in [0.4, 0.5) is 0 Å². The Kier molecular flexibility index (Phi) is 9.86. The third kappa shape index (κ3) is 8.43. The summed E-state index contributed by atoms with van der Waals surface area (Å²) >= 11 is 0. The van der Waals surface area contributed by atoms with Crippen LogP contribution in [0.5, 0.6) is 5.75 Å². The summed E-state index contributed by atoms with van der Waals surface area (Å²) in [4.78, 5) is 24.4. The summed E-state index contributed by atoms with van der Waals surface area (Å²) in [7, 11) is 0. The third-order valence-electron chi connectivity index (χ3n) is 3.84. The van der Waals surface area contributed by atoms with E-state index in [1.165, 1.54) is 0 Å². The molecule has 1 rings (SSSR count). The van der Waals surface area contributed by atoms with Gasteiger partial charge < -0.3 is 19.3 Å². The molecule has 0 radical (unpaired) electrons. The van der Waals surface area contributed by atoms with E-state index in [2.05, 4.69) is 0 Å². The number of carbonyl (C=O) groups excluding carboxylic acids is 2. The molecule has 2 atom stereocenters. The Labute approximate surface area is 161 Å². The fraction of sp³-hybridized carbons (Fsp3) is 0.619. The molecule has 0 aliphatic heterocycles. The summed E-state index contributed by atoms with van der Waals surface area (Å²) in [6.07, 6.45) is -0.550. The number of aryl methyl sites for hydroxylation is 1. The smallest absolute Gasteiger partial charge is 0.336 e. The second kappa shape index (κ2) is 11.6. The summed E-state index contributed by atoms with van der Waals surface area (Å²) in [5.74, 6) is -1.51. The van der Waals surface area contributed by atoms with Crippen LogP contribution in [0.2, 0.25) is 0 Å². The van der Waals surface area contributed by atoms with Gasteiger partial charge in [0.25, 0.3) is 0 Å². The van der Waals surface area contributed by atoms with Crippen molar-refractivity contribution in [2.75, 3.05) is 6.61 Å². The van der Waals surface area contributed by atoms with E-state index >= 15 is 0 Å². The topological polar surface area (TPSA) is 82.1 Å². The highest BCUT2D eigenvalue weighted by atomic mass is 16.6. The molecule has 0 saturated heterocycles. The van der Waals surface area contributed by atoms with Crippen molar-refractivity contribution in [2.24, 2.45) is 5.92 Å². The molecule has 0 saturated carbocycles. The molecule has 6 heteroatoms. The largest absolute Gasteiger partial charge is 0.494 e. The van der Waals surface area contributed by atoms with Crippen LogP contribution >= 0.6 is 0 Å². The van der Waals surface area contributed by atoms with Gasteiger partial charge in [0, 0.05) is 0 Å². The number of ether oxygens (including phenoxy) is 3. The number of esters is 2. The molecule has 1 N–H and O–H groups in total. The fourth-order valence-electron chi connectivity index (χ4n) is 2.64. The first-order valence-electron chi connectivity index (χ1n) is 9.55. The highest BCUT2D eigenvalue weighted by Crippen LogP contribution is 2.20. The molecule has 6 nitrogen and oxygen atoms in total. The van der Waals surface area contributed by atoms with Gasteiger partial charge >= 0.3 is 11.9 Å². The zero-order chi connectivity index (χ0) is 20.4. The van der Waals surface area contributed by atoms with E-state index in [1.54, 1.807) is 27.7 Å². The standard InChI is InChI=1S/C21H32O6/c1-6-25-17-12-10-16(11-13-17)8-7-9-18(20(23)26-14(2)3)19(22)21(24)27-15(4)5/h10-15,18-19,22H,6-9H2,1-5H3/t18-,19+/m1/s1. The zero-order valence-electron chi connectivity index (χ0n) is 16.9. The van der Waals surface area contributed by atoms with Gasteiger partial charge in [-0.05, 0) is 71.6 Å². The average molecular weight is 380 g/mol. The number of hydrogen-bond donors (Lipinski definition) is 1. The van der Waals surface area contributed by atoms with E-state index in [9.17, 15) is 14.7 Å². The molecule has 1 aromatic carbocycles. The van der Waals surface area contributed by atoms with Crippen LogP contribution in [-0.4, -0.2) is 42.0 Å². The molecule has 0 aromatic heterocycles. The molecule has 0 spiro atoms. The predicted octanol–water partition coefficient (Wildman–Crippen LogP) is 3.29. The molecule has 0 amide bonds. The van der Waals surface area contributed by atoms with Crippen molar-refractivity contribution in [3.8, 4) is 5.75 Å². The van der Waals surface area contributed by atoms with Gasteiger partial charge in [0.05, 0.1) is 24.7 Å². The maximum Gasteiger partial charge on any atom is 0.336 e. The number of carbonyl (C=O) groups is 2. The maximum atomic E-state index is 12.3. The molecule has 0 heterocycles.